The normalized spacial score (nSPS) is 17.4. The van der Waals surface area contributed by atoms with Gasteiger partial charge in [-0.2, -0.15) is 0 Å². The van der Waals surface area contributed by atoms with Crippen molar-refractivity contribution in [1.82, 2.24) is 9.80 Å². The SMILES string of the molecule is CS(=O)(=O)CC[C@@H](C(=O)N1CCN(c2ccccc2F)CC1)N1Cc2ccccc2C1=O. The van der Waals surface area contributed by atoms with Gasteiger partial charge in [-0.1, -0.05) is 30.3 Å². The van der Waals surface area contributed by atoms with Crippen LogP contribution in [-0.4, -0.2) is 74.3 Å². The van der Waals surface area contributed by atoms with Crippen molar-refractivity contribution in [3.8, 4) is 0 Å². The largest absolute Gasteiger partial charge is 0.366 e. The van der Waals surface area contributed by atoms with Crippen molar-refractivity contribution in [3.05, 3.63) is 65.5 Å². The summed E-state index contributed by atoms with van der Waals surface area (Å²) in [4.78, 5) is 31.5. The minimum Gasteiger partial charge on any atom is -0.366 e. The molecule has 1 atom stereocenters. The zero-order valence-electron chi connectivity index (χ0n) is 17.9. The van der Waals surface area contributed by atoms with Gasteiger partial charge in [0.15, 0.2) is 0 Å². The number of carbonyl (C=O) groups is 2. The van der Waals surface area contributed by atoms with E-state index in [1.54, 1.807) is 35.2 Å². The number of piperazine rings is 1. The highest BCUT2D eigenvalue weighted by Gasteiger charge is 2.39. The van der Waals surface area contributed by atoms with Gasteiger partial charge in [-0.25, -0.2) is 12.8 Å². The fraction of sp³-hybridized carbons (Fsp3) is 0.391. The second kappa shape index (κ2) is 8.90. The molecule has 0 spiro atoms. The first-order chi connectivity index (χ1) is 15.2. The lowest BCUT2D eigenvalue weighted by Crippen LogP contribution is -2.55. The maximum atomic E-state index is 14.1. The predicted molar refractivity (Wildman–Crippen MR) is 120 cm³/mol. The minimum absolute atomic E-state index is 0.0466. The summed E-state index contributed by atoms with van der Waals surface area (Å²) >= 11 is 0. The summed E-state index contributed by atoms with van der Waals surface area (Å²) in [5, 5.41) is 0. The summed E-state index contributed by atoms with van der Waals surface area (Å²) in [6.45, 7) is 1.94. The van der Waals surface area contributed by atoms with Crippen LogP contribution in [0, 0.1) is 5.82 Å². The third-order valence-electron chi connectivity index (χ3n) is 6.06. The van der Waals surface area contributed by atoms with Crippen LogP contribution in [0.4, 0.5) is 10.1 Å². The van der Waals surface area contributed by atoms with Crippen LogP contribution in [0.25, 0.3) is 0 Å². The molecule has 1 fully saturated rings. The Balaban J connectivity index is 1.50. The maximum absolute atomic E-state index is 14.1. The van der Waals surface area contributed by atoms with Gasteiger partial charge < -0.3 is 14.7 Å². The van der Waals surface area contributed by atoms with Gasteiger partial charge >= 0.3 is 0 Å². The van der Waals surface area contributed by atoms with Crippen molar-refractivity contribution in [3.63, 3.8) is 0 Å². The highest BCUT2D eigenvalue weighted by molar-refractivity contribution is 7.90. The molecule has 2 aliphatic heterocycles. The van der Waals surface area contributed by atoms with Gasteiger partial charge in [0, 0.05) is 44.5 Å². The van der Waals surface area contributed by atoms with E-state index in [0.717, 1.165) is 11.8 Å². The van der Waals surface area contributed by atoms with Crippen LogP contribution in [0.5, 0.6) is 0 Å². The van der Waals surface area contributed by atoms with E-state index in [-0.39, 0.29) is 36.4 Å². The number of carbonyl (C=O) groups excluding carboxylic acids is 2. The standard InChI is InChI=1S/C23H26FN3O4S/c1-32(30,31)15-10-21(27-16-17-6-2-3-7-18(17)22(27)28)23(29)26-13-11-25(12-14-26)20-9-5-4-8-19(20)24/h2-9,21H,10-16H2,1H3/t21-/m0/s1. The van der Waals surface area contributed by atoms with Gasteiger partial charge in [-0.3, -0.25) is 9.59 Å². The third kappa shape index (κ3) is 4.62. The van der Waals surface area contributed by atoms with Crippen molar-refractivity contribution < 1.29 is 22.4 Å². The average molecular weight is 460 g/mol. The molecule has 2 heterocycles. The van der Waals surface area contributed by atoms with Gasteiger partial charge in [0.1, 0.15) is 21.7 Å². The molecule has 0 aliphatic carbocycles. The molecule has 9 heteroatoms. The number of fused-ring (bicyclic) bond motifs is 1. The van der Waals surface area contributed by atoms with Crippen molar-refractivity contribution in [2.45, 2.75) is 19.0 Å². The Bertz CT molecular complexity index is 1130. The number of hydrogen-bond donors (Lipinski definition) is 0. The van der Waals surface area contributed by atoms with Crippen LogP contribution in [0.2, 0.25) is 0 Å². The first kappa shape index (κ1) is 22.3. The number of rotatable bonds is 6. The summed E-state index contributed by atoms with van der Waals surface area (Å²) < 4.78 is 37.7. The first-order valence-corrected chi connectivity index (χ1v) is 12.7. The number of sulfone groups is 1. The smallest absolute Gasteiger partial charge is 0.255 e. The van der Waals surface area contributed by atoms with E-state index in [2.05, 4.69) is 0 Å². The lowest BCUT2D eigenvalue weighted by molar-refractivity contribution is -0.136. The van der Waals surface area contributed by atoms with E-state index >= 15 is 0 Å². The summed E-state index contributed by atoms with van der Waals surface area (Å²) in [7, 11) is -3.31. The number of hydrogen-bond acceptors (Lipinski definition) is 5. The van der Waals surface area contributed by atoms with Crippen molar-refractivity contribution in [2.75, 3.05) is 43.1 Å². The number of para-hydroxylation sites is 1. The predicted octanol–water partition coefficient (Wildman–Crippen LogP) is 1.93. The summed E-state index contributed by atoms with van der Waals surface area (Å²) in [5.41, 5.74) is 1.88. The van der Waals surface area contributed by atoms with E-state index in [4.69, 9.17) is 0 Å². The molecular formula is C23H26FN3O4S. The van der Waals surface area contributed by atoms with Crippen LogP contribution in [0.15, 0.2) is 48.5 Å². The third-order valence-corrected chi connectivity index (χ3v) is 7.03. The van der Waals surface area contributed by atoms with Gasteiger partial charge in [-0.15, -0.1) is 0 Å². The van der Waals surface area contributed by atoms with Gasteiger partial charge in [0.25, 0.3) is 5.91 Å². The molecule has 0 unspecified atom stereocenters. The van der Waals surface area contributed by atoms with Gasteiger partial charge in [-0.05, 0) is 30.2 Å². The van der Waals surface area contributed by atoms with Crippen molar-refractivity contribution in [2.24, 2.45) is 0 Å². The van der Waals surface area contributed by atoms with Crippen LogP contribution in [-0.2, 0) is 21.2 Å². The Morgan fingerprint density at radius 2 is 1.69 bits per heavy atom. The number of benzene rings is 2. The van der Waals surface area contributed by atoms with E-state index in [0.29, 0.717) is 37.4 Å². The number of anilines is 1. The van der Waals surface area contributed by atoms with Crippen LogP contribution < -0.4 is 4.90 Å². The fourth-order valence-electron chi connectivity index (χ4n) is 4.35. The molecule has 170 valence electrons. The van der Waals surface area contributed by atoms with Gasteiger partial charge in [0.05, 0.1) is 11.4 Å². The number of halogens is 1. The second-order valence-corrected chi connectivity index (χ2v) is 10.5. The van der Waals surface area contributed by atoms with E-state index in [1.165, 1.54) is 11.0 Å². The molecule has 2 amide bonds. The topological polar surface area (TPSA) is 78.0 Å². The molecule has 0 saturated carbocycles. The molecule has 0 N–H and O–H groups in total. The van der Waals surface area contributed by atoms with E-state index in [1.807, 2.05) is 17.0 Å². The number of nitrogens with zero attached hydrogens (tertiary/aromatic N) is 3. The molecule has 2 aliphatic rings. The van der Waals surface area contributed by atoms with Gasteiger partial charge in [0.2, 0.25) is 5.91 Å². The molecule has 7 nitrogen and oxygen atoms in total. The lowest BCUT2D eigenvalue weighted by Gasteiger charge is -2.39. The van der Waals surface area contributed by atoms with E-state index < -0.39 is 15.9 Å². The zero-order valence-corrected chi connectivity index (χ0v) is 18.7. The maximum Gasteiger partial charge on any atom is 0.255 e. The Morgan fingerprint density at radius 3 is 2.34 bits per heavy atom. The van der Waals surface area contributed by atoms with Crippen LogP contribution in [0.3, 0.4) is 0 Å². The van der Waals surface area contributed by atoms with Crippen molar-refractivity contribution in [1.29, 1.82) is 0 Å². The monoisotopic (exact) mass is 459 g/mol. The molecule has 0 bridgehead atoms. The first-order valence-electron chi connectivity index (χ1n) is 10.6. The molecule has 1 saturated heterocycles. The number of amides is 2. The highest BCUT2D eigenvalue weighted by atomic mass is 32.2. The van der Waals surface area contributed by atoms with Crippen molar-refractivity contribution >= 4 is 27.3 Å². The Kier molecular flexibility index (Phi) is 6.19. The zero-order chi connectivity index (χ0) is 22.9. The summed E-state index contributed by atoms with van der Waals surface area (Å²) in [6.07, 6.45) is 1.17. The van der Waals surface area contributed by atoms with Crippen LogP contribution >= 0.6 is 0 Å². The molecule has 4 rings (SSSR count). The van der Waals surface area contributed by atoms with E-state index in [9.17, 15) is 22.4 Å². The molecule has 2 aromatic carbocycles. The second-order valence-electron chi connectivity index (χ2n) is 8.29. The minimum atomic E-state index is -3.31. The Labute approximate surface area is 187 Å². The Hall–Kier alpha value is -2.94. The quantitative estimate of drug-likeness (QED) is 0.660. The summed E-state index contributed by atoms with van der Waals surface area (Å²) in [5.74, 6) is -1.00. The van der Waals surface area contributed by atoms with Crippen LogP contribution in [0.1, 0.15) is 22.3 Å². The summed E-state index contributed by atoms with van der Waals surface area (Å²) in [6, 6.07) is 12.8. The fourth-order valence-corrected chi connectivity index (χ4v) is 5.01. The molecule has 0 aromatic heterocycles. The lowest BCUT2D eigenvalue weighted by atomic mass is 10.1. The molecule has 0 radical (unpaired) electrons. The molecule has 2 aromatic rings. The highest BCUT2D eigenvalue weighted by Crippen LogP contribution is 2.27. The average Bonchev–Trinajstić information content (AvgIpc) is 3.10. The molecule has 32 heavy (non-hydrogen) atoms. The molecular weight excluding hydrogens is 433 g/mol. The Morgan fingerprint density at radius 1 is 1.03 bits per heavy atom.